The van der Waals surface area contributed by atoms with Gasteiger partial charge in [0.15, 0.2) is 0 Å². The van der Waals surface area contributed by atoms with Gasteiger partial charge >= 0.3 is 0 Å². The molecule has 22 heavy (non-hydrogen) atoms. The standard InChI is InChI=1S/C16H19N3O3/c20-16(12-4-2-1-3-5-12)18-9-8-17-11-13-10-14(19(21)22)6-7-15(13)18/h6-7,10-12H,1-5,8-9H2. The number of nitro groups is 1. The quantitative estimate of drug-likeness (QED) is 0.622. The van der Waals surface area contributed by atoms with Gasteiger partial charge in [-0.3, -0.25) is 19.9 Å². The number of aliphatic imine (C=N–C) groups is 1. The highest BCUT2D eigenvalue weighted by molar-refractivity contribution is 6.01. The topological polar surface area (TPSA) is 75.8 Å². The van der Waals surface area contributed by atoms with Gasteiger partial charge in [0.1, 0.15) is 0 Å². The number of rotatable bonds is 2. The predicted octanol–water partition coefficient (Wildman–Crippen LogP) is 2.94. The summed E-state index contributed by atoms with van der Waals surface area (Å²) in [7, 11) is 0. The van der Waals surface area contributed by atoms with E-state index in [9.17, 15) is 14.9 Å². The van der Waals surface area contributed by atoms with E-state index < -0.39 is 4.92 Å². The van der Waals surface area contributed by atoms with E-state index in [0.29, 0.717) is 18.7 Å². The highest BCUT2D eigenvalue weighted by Crippen LogP contribution is 2.31. The third-order valence-corrected chi connectivity index (χ3v) is 4.42. The first-order valence-corrected chi connectivity index (χ1v) is 7.76. The SMILES string of the molecule is O=C(C1CCCCC1)N1CCN=Cc2cc([N+](=O)[O-])ccc21. The zero-order valence-corrected chi connectivity index (χ0v) is 12.4. The molecule has 0 aromatic heterocycles. The molecule has 3 rings (SSSR count). The van der Waals surface area contributed by atoms with E-state index in [1.54, 1.807) is 17.2 Å². The van der Waals surface area contributed by atoms with Crippen molar-refractivity contribution in [3.8, 4) is 0 Å². The van der Waals surface area contributed by atoms with Crippen LogP contribution in [0.15, 0.2) is 23.2 Å². The van der Waals surface area contributed by atoms with Crippen LogP contribution < -0.4 is 4.90 Å². The van der Waals surface area contributed by atoms with E-state index in [1.807, 2.05) is 0 Å². The number of nitrogens with zero attached hydrogens (tertiary/aromatic N) is 3. The lowest BCUT2D eigenvalue weighted by Gasteiger charge is -2.29. The second-order valence-corrected chi connectivity index (χ2v) is 5.86. The van der Waals surface area contributed by atoms with E-state index in [1.165, 1.54) is 18.6 Å². The summed E-state index contributed by atoms with van der Waals surface area (Å²) in [5, 5.41) is 10.9. The summed E-state index contributed by atoms with van der Waals surface area (Å²) in [5.41, 5.74) is 1.41. The first kappa shape index (κ1) is 14.7. The fourth-order valence-corrected chi connectivity index (χ4v) is 3.24. The van der Waals surface area contributed by atoms with Gasteiger partial charge in [0.05, 0.1) is 17.2 Å². The lowest BCUT2D eigenvalue weighted by molar-refractivity contribution is -0.384. The van der Waals surface area contributed by atoms with Crippen molar-refractivity contribution in [2.24, 2.45) is 10.9 Å². The minimum absolute atomic E-state index is 0.0252. The highest BCUT2D eigenvalue weighted by Gasteiger charge is 2.29. The maximum atomic E-state index is 12.8. The minimum Gasteiger partial charge on any atom is -0.310 e. The van der Waals surface area contributed by atoms with E-state index in [4.69, 9.17) is 0 Å². The monoisotopic (exact) mass is 301 g/mol. The molecule has 0 saturated heterocycles. The fourth-order valence-electron chi connectivity index (χ4n) is 3.24. The number of non-ortho nitro benzene ring substituents is 1. The summed E-state index contributed by atoms with van der Waals surface area (Å²) in [6, 6.07) is 4.62. The van der Waals surface area contributed by atoms with E-state index in [0.717, 1.165) is 31.4 Å². The molecule has 1 aromatic carbocycles. The maximum Gasteiger partial charge on any atom is 0.270 e. The van der Waals surface area contributed by atoms with Crippen LogP contribution in [0.2, 0.25) is 0 Å². The lowest BCUT2D eigenvalue weighted by Crippen LogP contribution is -2.38. The summed E-state index contributed by atoms with van der Waals surface area (Å²) in [4.78, 5) is 29.3. The molecule has 0 N–H and O–H groups in total. The molecule has 116 valence electrons. The summed E-state index contributed by atoms with van der Waals surface area (Å²) in [6.07, 6.45) is 6.94. The van der Waals surface area contributed by atoms with Crippen LogP contribution in [-0.4, -0.2) is 30.1 Å². The Morgan fingerprint density at radius 2 is 2.05 bits per heavy atom. The van der Waals surface area contributed by atoms with Crippen molar-refractivity contribution in [3.63, 3.8) is 0 Å². The Hall–Kier alpha value is -2.24. The zero-order chi connectivity index (χ0) is 15.5. The largest absolute Gasteiger partial charge is 0.310 e. The third-order valence-electron chi connectivity index (χ3n) is 4.42. The molecule has 1 amide bonds. The van der Waals surface area contributed by atoms with Gasteiger partial charge in [0, 0.05) is 36.4 Å². The van der Waals surface area contributed by atoms with Crippen molar-refractivity contribution >= 4 is 23.5 Å². The molecule has 0 atom stereocenters. The predicted molar refractivity (Wildman–Crippen MR) is 84.5 cm³/mol. The average molecular weight is 301 g/mol. The molecule has 1 fully saturated rings. The molecule has 1 aliphatic carbocycles. The molecule has 0 radical (unpaired) electrons. The molecule has 1 aromatic rings. The van der Waals surface area contributed by atoms with E-state index >= 15 is 0 Å². The van der Waals surface area contributed by atoms with Crippen LogP contribution in [0.3, 0.4) is 0 Å². The Labute approximate surface area is 129 Å². The number of hydrogen-bond donors (Lipinski definition) is 0. The van der Waals surface area contributed by atoms with Crippen molar-refractivity contribution in [2.45, 2.75) is 32.1 Å². The van der Waals surface area contributed by atoms with Crippen LogP contribution in [0.4, 0.5) is 11.4 Å². The minimum atomic E-state index is -0.424. The first-order chi connectivity index (χ1) is 10.7. The molecule has 0 bridgehead atoms. The van der Waals surface area contributed by atoms with Gasteiger partial charge in [0.2, 0.25) is 5.91 Å². The zero-order valence-electron chi connectivity index (χ0n) is 12.4. The van der Waals surface area contributed by atoms with E-state index in [-0.39, 0.29) is 17.5 Å². The van der Waals surface area contributed by atoms with E-state index in [2.05, 4.69) is 4.99 Å². The molecule has 0 spiro atoms. The Morgan fingerprint density at radius 3 is 2.77 bits per heavy atom. The Kier molecular flexibility index (Phi) is 4.18. The molecule has 2 aliphatic rings. The van der Waals surface area contributed by atoms with Crippen LogP contribution in [0, 0.1) is 16.0 Å². The Morgan fingerprint density at radius 1 is 1.27 bits per heavy atom. The van der Waals surface area contributed by atoms with Crippen LogP contribution in [0.1, 0.15) is 37.7 Å². The van der Waals surface area contributed by atoms with Gasteiger partial charge in [0.25, 0.3) is 5.69 Å². The van der Waals surface area contributed by atoms with Crippen LogP contribution in [0.5, 0.6) is 0 Å². The normalized spacial score (nSPS) is 18.6. The number of hydrogen-bond acceptors (Lipinski definition) is 4. The van der Waals surface area contributed by atoms with Crippen LogP contribution in [-0.2, 0) is 4.79 Å². The molecular weight excluding hydrogens is 282 g/mol. The summed E-state index contributed by atoms with van der Waals surface area (Å²) in [6.45, 7) is 1.07. The first-order valence-electron chi connectivity index (χ1n) is 7.76. The van der Waals surface area contributed by atoms with Crippen LogP contribution >= 0.6 is 0 Å². The van der Waals surface area contributed by atoms with Gasteiger partial charge in [-0.2, -0.15) is 0 Å². The molecule has 1 saturated carbocycles. The smallest absolute Gasteiger partial charge is 0.270 e. The van der Waals surface area contributed by atoms with Crippen molar-refractivity contribution in [1.29, 1.82) is 0 Å². The average Bonchev–Trinajstić information content (AvgIpc) is 2.76. The molecule has 6 nitrogen and oxygen atoms in total. The summed E-state index contributed by atoms with van der Waals surface area (Å²) >= 11 is 0. The second-order valence-electron chi connectivity index (χ2n) is 5.86. The van der Waals surface area contributed by atoms with Crippen molar-refractivity contribution in [2.75, 3.05) is 18.0 Å². The number of benzene rings is 1. The lowest BCUT2D eigenvalue weighted by atomic mass is 9.88. The molecule has 1 aliphatic heterocycles. The molecule has 0 unspecified atom stereocenters. The Bertz CT molecular complexity index is 621. The van der Waals surface area contributed by atoms with Gasteiger partial charge in [-0.1, -0.05) is 19.3 Å². The number of amides is 1. The molecular formula is C16H19N3O3. The van der Waals surface area contributed by atoms with Gasteiger partial charge in [-0.15, -0.1) is 0 Å². The summed E-state index contributed by atoms with van der Waals surface area (Å²) < 4.78 is 0. The van der Waals surface area contributed by atoms with Gasteiger partial charge in [-0.05, 0) is 18.9 Å². The van der Waals surface area contributed by atoms with Crippen molar-refractivity contribution in [3.05, 3.63) is 33.9 Å². The highest BCUT2D eigenvalue weighted by atomic mass is 16.6. The van der Waals surface area contributed by atoms with Crippen molar-refractivity contribution < 1.29 is 9.72 Å². The fraction of sp³-hybridized carbons (Fsp3) is 0.500. The number of benzodiazepines with no additional fused rings is 1. The molecule has 1 heterocycles. The molecule has 6 heteroatoms. The number of carbonyl (C=O) groups is 1. The van der Waals surface area contributed by atoms with Gasteiger partial charge in [-0.25, -0.2) is 0 Å². The summed E-state index contributed by atoms with van der Waals surface area (Å²) in [5.74, 6) is 0.218. The maximum absolute atomic E-state index is 12.8. The van der Waals surface area contributed by atoms with Gasteiger partial charge < -0.3 is 4.90 Å². The second kappa shape index (κ2) is 6.25. The number of carbonyl (C=O) groups excluding carboxylic acids is 1. The number of anilines is 1. The van der Waals surface area contributed by atoms with Crippen molar-refractivity contribution in [1.82, 2.24) is 0 Å². The number of nitro benzene ring substituents is 1. The third kappa shape index (κ3) is 2.86. The number of fused-ring (bicyclic) bond motifs is 1. The Balaban J connectivity index is 1.91. The van der Waals surface area contributed by atoms with Crippen LogP contribution in [0.25, 0.3) is 0 Å².